The lowest BCUT2D eigenvalue weighted by molar-refractivity contribution is 0.555. The van der Waals surface area contributed by atoms with Crippen molar-refractivity contribution in [1.82, 2.24) is 0 Å². The first-order chi connectivity index (χ1) is 9.83. The molecule has 0 heterocycles. The van der Waals surface area contributed by atoms with Gasteiger partial charge in [0.1, 0.15) is 22.6 Å². The number of nitriles is 1. The highest BCUT2D eigenvalue weighted by molar-refractivity contribution is 9.10. The first kappa shape index (κ1) is 15.4. The molecule has 0 atom stereocenters. The average molecular weight is 373 g/mol. The van der Waals surface area contributed by atoms with Crippen molar-refractivity contribution in [3.05, 3.63) is 58.1 Å². The number of hydrogen-bond donors (Lipinski definition) is 1. The zero-order valence-electron chi connectivity index (χ0n) is 10.3. The molecule has 108 valence electrons. The summed E-state index contributed by atoms with van der Waals surface area (Å²) in [4.78, 5) is -0.827. The van der Waals surface area contributed by atoms with Gasteiger partial charge in [-0.15, -0.1) is 0 Å². The minimum absolute atomic E-state index is 0.0319. The maximum Gasteiger partial charge on any atom is 0.264 e. The zero-order valence-corrected chi connectivity index (χ0v) is 12.7. The van der Waals surface area contributed by atoms with Crippen molar-refractivity contribution >= 4 is 31.6 Å². The predicted molar refractivity (Wildman–Crippen MR) is 76.0 cm³/mol. The molecule has 0 saturated carbocycles. The number of anilines is 1. The molecular formula is C13H7BrF2N2O2S. The van der Waals surface area contributed by atoms with E-state index in [0.717, 1.165) is 12.1 Å². The summed E-state index contributed by atoms with van der Waals surface area (Å²) in [6.45, 7) is 0. The van der Waals surface area contributed by atoms with Crippen LogP contribution in [0.15, 0.2) is 45.8 Å². The normalized spacial score (nSPS) is 11.0. The summed E-state index contributed by atoms with van der Waals surface area (Å²) >= 11 is 3.14. The van der Waals surface area contributed by atoms with E-state index < -0.39 is 26.6 Å². The third-order valence-corrected chi connectivity index (χ3v) is 4.40. The van der Waals surface area contributed by atoms with Crippen molar-refractivity contribution in [2.45, 2.75) is 4.90 Å². The monoisotopic (exact) mass is 372 g/mol. The van der Waals surface area contributed by atoms with E-state index in [2.05, 4.69) is 20.7 Å². The van der Waals surface area contributed by atoms with Crippen LogP contribution in [0.1, 0.15) is 5.56 Å². The first-order valence-corrected chi connectivity index (χ1v) is 7.78. The third-order valence-electron chi connectivity index (χ3n) is 2.53. The fraction of sp³-hybridized carbons (Fsp3) is 0. The fourth-order valence-corrected chi connectivity index (χ4v) is 3.10. The molecular weight excluding hydrogens is 366 g/mol. The molecule has 8 heteroatoms. The van der Waals surface area contributed by atoms with E-state index in [9.17, 15) is 17.2 Å². The molecule has 0 aromatic heterocycles. The highest BCUT2D eigenvalue weighted by Crippen LogP contribution is 2.25. The van der Waals surface area contributed by atoms with Crippen LogP contribution in [0, 0.1) is 23.0 Å². The van der Waals surface area contributed by atoms with Crippen molar-refractivity contribution in [3.63, 3.8) is 0 Å². The van der Waals surface area contributed by atoms with Gasteiger partial charge in [0.25, 0.3) is 10.0 Å². The van der Waals surface area contributed by atoms with Crippen LogP contribution in [0.4, 0.5) is 14.5 Å². The lowest BCUT2D eigenvalue weighted by Gasteiger charge is -2.10. The molecule has 4 nitrogen and oxygen atoms in total. The molecule has 0 unspecified atom stereocenters. The van der Waals surface area contributed by atoms with Crippen molar-refractivity contribution in [2.75, 3.05) is 4.72 Å². The summed E-state index contributed by atoms with van der Waals surface area (Å²) in [6.07, 6.45) is 0. The maximum atomic E-state index is 13.6. The molecule has 0 bridgehead atoms. The van der Waals surface area contributed by atoms with Crippen molar-refractivity contribution in [3.8, 4) is 6.07 Å². The van der Waals surface area contributed by atoms with Gasteiger partial charge in [-0.1, -0.05) is 15.9 Å². The minimum atomic E-state index is -4.35. The Morgan fingerprint density at radius 2 is 1.86 bits per heavy atom. The number of sulfonamides is 1. The second-order valence-electron chi connectivity index (χ2n) is 3.98. The van der Waals surface area contributed by atoms with E-state index in [1.54, 1.807) is 6.07 Å². The molecule has 0 fully saturated rings. The number of benzene rings is 2. The fourth-order valence-electron chi connectivity index (χ4n) is 1.58. The van der Waals surface area contributed by atoms with Crippen molar-refractivity contribution in [1.29, 1.82) is 5.26 Å². The van der Waals surface area contributed by atoms with E-state index in [0.29, 0.717) is 10.5 Å². The van der Waals surface area contributed by atoms with Crippen molar-refractivity contribution in [2.24, 2.45) is 0 Å². The van der Waals surface area contributed by atoms with Gasteiger partial charge in [0, 0.05) is 4.47 Å². The van der Waals surface area contributed by atoms with E-state index in [1.807, 2.05) is 6.07 Å². The molecule has 1 N–H and O–H groups in total. The number of rotatable bonds is 3. The quantitative estimate of drug-likeness (QED) is 0.897. The Hall–Kier alpha value is -1.98. The number of nitrogens with one attached hydrogen (secondary N) is 1. The second kappa shape index (κ2) is 5.79. The Morgan fingerprint density at radius 3 is 2.52 bits per heavy atom. The second-order valence-corrected chi connectivity index (χ2v) is 6.55. The largest absolute Gasteiger partial charge is 0.278 e. The third kappa shape index (κ3) is 3.37. The van der Waals surface area contributed by atoms with E-state index >= 15 is 0 Å². The molecule has 0 aliphatic heterocycles. The lowest BCUT2D eigenvalue weighted by Crippen LogP contribution is -2.15. The summed E-state index contributed by atoms with van der Waals surface area (Å²) < 4.78 is 53.5. The maximum absolute atomic E-state index is 13.6. The van der Waals surface area contributed by atoms with Gasteiger partial charge in [0.05, 0.1) is 11.3 Å². The van der Waals surface area contributed by atoms with Crippen LogP contribution in [0.2, 0.25) is 0 Å². The predicted octanol–water partition coefficient (Wildman–Crippen LogP) is 3.40. The van der Waals surface area contributed by atoms with Gasteiger partial charge in [-0.05, 0) is 36.4 Å². The molecule has 0 aliphatic carbocycles. The number of halogens is 3. The highest BCUT2D eigenvalue weighted by Gasteiger charge is 2.21. The molecule has 0 saturated heterocycles. The summed E-state index contributed by atoms with van der Waals surface area (Å²) in [5.41, 5.74) is 0.0223. The Morgan fingerprint density at radius 1 is 1.14 bits per heavy atom. The molecule has 0 aliphatic rings. The zero-order chi connectivity index (χ0) is 15.6. The van der Waals surface area contributed by atoms with Gasteiger partial charge in [0.2, 0.25) is 0 Å². The van der Waals surface area contributed by atoms with Gasteiger partial charge < -0.3 is 0 Å². The Labute approximate surface area is 128 Å². The van der Waals surface area contributed by atoms with Crippen LogP contribution >= 0.6 is 15.9 Å². The molecule has 21 heavy (non-hydrogen) atoms. The highest BCUT2D eigenvalue weighted by atomic mass is 79.9. The Bertz CT molecular complexity index is 848. The van der Waals surface area contributed by atoms with Crippen LogP contribution in [-0.4, -0.2) is 8.42 Å². The summed E-state index contributed by atoms with van der Waals surface area (Å²) in [6, 6.07) is 8.21. The van der Waals surface area contributed by atoms with Gasteiger partial charge in [-0.2, -0.15) is 5.26 Å². The molecule has 2 rings (SSSR count). The van der Waals surface area contributed by atoms with Gasteiger partial charge in [-0.3, -0.25) is 4.72 Å². The first-order valence-electron chi connectivity index (χ1n) is 5.51. The minimum Gasteiger partial charge on any atom is -0.278 e. The van der Waals surface area contributed by atoms with Crippen LogP contribution in [0.25, 0.3) is 0 Å². The summed E-state index contributed by atoms with van der Waals surface area (Å²) in [5, 5.41) is 8.94. The standard InChI is InChI=1S/C13H7BrF2N2O2S/c14-9-2-1-8(7-17)12(5-9)18-21(19,20)13-6-10(15)3-4-11(13)16/h1-6,18H. The Balaban J connectivity index is 2.50. The average Bonchev–Trinajstić information content (AvgIpc) is 2.41. The van der Waals surface area contributed by atoms with E-state index in [1.165, 1.54) is 12.1 Å². The lowest BCUT2D eigenvalue weighted by atomic mass is 10.2. The van der Waals surface area contributed by atoms with Gasteiger partial charge in [-0.25, -0.2) is 17.2 Å². The molecule has 2 aromatic carbocycles. The van der Waals surface area contributed by atoms with E-state index in [-0.39, 0.29) is 11.3 Å². The molecule has 0 amide bonds. The van der Waals surface area contributed by atoms with Crippen LogP contribution in [-0.2, 0) is 10.0 Å². The Kier molecular flexibility index (Phi) is 4.25. The van der Waals surface area contributed by atoms with Crippen LogP contribution in [0.5, 0.6) is 0 Å². The summed E-state index contributed by atoms with van der Waals surface area (Å²) in [7, 11) is -4.35. The van der Waals surface area contributed by atoms with Crippen LogP contribution in [0.3, 0.4) is 0 Å². The smallest absolute Gasteiger partial charge is 0.264 e. The van der Waals surface area contributed by atoms with Gasteiger partial charge in [0.15, 0.2) is 0 Å². The van der Waals surface area contributed by atoms with Crippen LogP contribution < -0.4 is 4.72 Å². The SMILES string of the molecule is N#Cc1ccc(Br)cc1NS(=O)(=O)c1cc(F)ccc1F. The molecule has 0 spiro atoms. The molecule has 0 radical (unpaired) electrons. The topological polar surface area (TPSA) is 70.0 Å². The summed E-state index contributed by atoms with van der Waals surface area (Å²) in [5.74, 6) is -1.97. The number of hydrogen-bond acceptors (Lipinski definition) is 3. The van der Waals surface area contributed by atoms with Crippen molar-refractivity contribution < 1.29 is 17.2 Å². The molecule has 2 aromatic rings. The van der Waals surface area contributed by atoms with E-state index in [4.69, 9.17) is 5.26 Å². The number of nitrogens with zero attached hydrogens (tertiary/aromatic N) is 1. The van der Waals surface area contributed by atoms with Gasteiger partial charge >= 0.3 is 0 Å².